The van der Waals surface area contributed by atoms with E-state index in [0.29, 0.717) is 0 Å². The van der Waals surface area contributed by atoms with Gasteiger partial charge in [-0.25, -0.2) is 22.4 Å². The van der Waals surface area contributed by atoms with Gasteiger partial charge in [0, 0.05) is 20.2 Å². The molecule has 34 heavy (non-hydrogen) atoms. The predicted octanol–water partition coefficient (Wildman–Crippen LogP) is 0.819. The first-order valence-corrected chi connectivity index (χ1v) is 11.1. The summed E-state index contributed by atoms with van der Waals surface area (Å²) in [6.07, 6.45) is 0. The minimum Gasteiger partial charge on any atom is -0.452 e. The van der Waals surface area contributed by atoms with Crippen LogP contribution >= 0.6 is 0 Å². The van der Waals surface area contributed by atoms with Crippen molar-refractivity contribution in [3.05, 3.63) is 86.8 Å². The second-order valence-corrected chi connectivity index (χ2v) is 8.68. The molecule has 0 aliphatic heterocycles. The number of carbonyl (C=O) groups excluding carboxylic acids is 2. The molecule has 13 heteroatoms. The monoisotopic (exact) mass is 490 g/mol. The molecule has 0 radical (unpaired) electrons. The predicted molar refractivity (Wildman–Crippen MR) is 119 cm³/mol. The van der Waals surface area contributed by atoms with Gasteiger partial charge in [0.25, 0.3) is 21.5 Å². The van der Waals surface area contributed by atoms with Gasteiger partial charge in [0.15, 0.2) is 6.61 Å². The Morgan fingerprint density at radius 1 is 1.00 bits per heavy atom. The first-order valence-electron chi connectivity index (χ1n) is 9.61. The van der Waals surface area contributed by atoms with Crippen LogP contribution in [0.2, 0.25) is 0 Å². The molecule has 2 aromatic carbocycles. The third-order valence-corrected chi connectivity index (χ3v) is 6.03. The van der Waals surface area contributed by atoms with Crippen LogP contribution in [0.1, 0.15) is 10.4 Å². The number of ether oxygens (including phenoxy) is 1. The molecule has 0 atom stereocenters. The maximum atomic E-state index is 13.7. The van der Waals surface area contributed by atoms with Crippen molar-refractivity contribution in [3.8, 4) is 0 Å². The van der Waals surface area contributed by atoms with Crippen molar-refractivity contribution in [2.75, 3.05) is 16.6 Å². The van der Waals surface area contributed by atoms with Crippen LogP contribution in [0.3, 0.4) is 0 Å². The van der Waals surface area contributed by atoms with E-state index in [0.717, 1.165) is 33.4 Å². The lowest BCUT2D eigenvalue weighted by atomic mass is 10.2. The van der Waals surface area contributed by atoms with E-state index in [9.17, 15) is 32.0 Å². The Labute approximate surface area is 192 Å². The van der Waals surface area contributed by atoms with E-state index in [1.54, 1.807) is 0 Å². The van der Waals surface area contributed by atoms with E-state index >= 15 is 0 Å². The Morgan fingerprint density at radius 2 is 1.65 bits per heavy atom. The fourth-order valence-corrected chi connectivity index (χ4v) is 3.83. The number of benzene rings is 2. The third-order valence-electron chi connectivity index (χ3n) is 4.65. The van der Waals surface area contributed by atoms with E-state index in [-0.39, 0.29) is 22.0 Å². The zero-order valence-corrected chi connectivity index (χ0v) is 18.8. The molecule has 3 rings (SSSR count). The van der Waals surface area contributed by atoms with Crippen molar-refractivity contribution in [3.63, 3.8) is 0 Å². The summed E-state index contributed by atoms with van der Waals surface area (Å²) in [7, 11) is -1.48. The van der Waals surface area contributed by atoms with Gasteiger partial charge in [-0.2, -0.15) is 0 Å². The number of halogens is 1. The third kappa shape index (κ3) is 5.38. The lowest BCUT2D eigenvalue weighted by Gasteiger charge is -2.11. The van der Waals surface area contributed by atoms with Gasteiger partial charge >= 0.3 is 11.7 Å². The van der Waals surface area contributed by atoms with Crippen molar-refractivity contribution < 1.29 is 27.1 Å². The highest BCUT2D eigenvalue weighted by molar-refractivity contribution is 7.92. The number of sulfonamides is 1. The van der Waals surface area contributed by atoms with E-state index < -0.39 is 45.6 Å². The maximum Gasteiger partial charge on any atom is 0.338 e. The molecule has 1 aromatic heterocycles. The lowest BCUT2D eigenvalue weighted by Crippen LogP contribution is -2.38. The van der Waals surface area contributed by atoms with Crippen LogP contribution in [0.5, 0.6) is 0 Å². The first kappa shape index (κ1) is 24.4. The SMILES string of the molecule is Cn1c(NC(=O)COC(=O)c2ccc(S(=O)(=O)Nc3ccccc3F)cc2)cc(=O)n(C)c1=O. The molecule has 0 aliphatic carbocycles. The molecular weight excluding hydrogens is 471 g/mol. The molecule has 0 fully saturated rings. The number of anilines is 2. The quantitative estimate of drug-likeness (QED) is 0.466. The molecule has 11 nitrogen and oxygen atoms in total. The highest BCUT2D eigenvalue weighted by Crippen LogP contribution is 2.19. The van der Waals surface area contributed by atoms with Crippen molar-refractivity contribution in [1.29, 1.82) is 0 Å². The molecule has 178 valence electrons. The second-order valence-electron chi connectivity index (χ2n) is 7.00. The number of hydrogen-bond acceptors (Lipinski definition) is 7. The standard InChI is InChI=1S/C21H19FN4O7S/c1-25-17(11-19(28)26(2)21(25)30)23-18(27)12-33-20(29)13-7-9-14(10-8-13)34(31,32)24-16-6-4-3-5-15(16)22/h3-11,24H,12H2,1-2H3,(H,23,27). The van der Waals surface area contributed by atoms with E-state index in [1.165, 1.54) is 44.4 Å². The molecule has 0 aliphatic rings. The second kappa shape index (κ2) is 9.70. The molecular formula is C21H19FN4O7S. The van der Waals surface area contributed by atoms with Crippen LogP contribution in [-0.4, -0.2) is 36.0 Å². The van der Waals surface area contributed by atoms with Crippen molar-refractivity contribution >= 4 is 33.4 Å². The van der Waals surface area contributed by atoms with Crippen LogP contribution in [0, 0.1) is 5.82 Å². The molecule has 0 saturated heterocycles. The average molecular weight is 490 g/mol. The summed E-state index contributed by atoms with van der Waals surface area (Å²) in [5.41, 5.74) is -1.56. The summed E-state index contributed by atoms with van der Waals surface area (Å²) >= 11 is 0. The number of nitrogens with one attached hydrogen (secondary N) is 2. The summed E-state index contributed by atoms with van der Waals surface area (Å²) in [5, 5.41) is 2.30. The topological polar surface area (TPSA) is 146 Å². The first-order chi connectivity index (χ1) is 16.0. The lowest BCUT2D eigenvalue weighted by molar-refractivity contribution is -0.119. The van der Waals surface area contributed by atoms with Gasteiger partial charge in [-0.15, -0.1) is 0 Å². The number of rotatable bonds is 7. The molecule has 0 bridgehead atoms. The minimum absolute atomic E-state index is 0.0429. The number of nitrogens with zero attached hydrogens (tertiary/aromatic N) is 2. The Hall–Kier alpha value is -4.26. The summed E-state index contributed by atoms with van der Waals surface area (Å²) in [6.45, 7) is -0.725. The minimum atomic E-state index is -4.11. The molecule has 1 amide bonds. The van der Waals surface area contributed by atoms with Crippen LogP contribution in [0.25, 0.3) is 0 Å². The van der Waals surface area contributed by atoms with Gasteiger partial charge in [0.05, 0.1) is 16.1 Å². The summed E-state index contributed by atoms with van der Waals surface area (Å²) in [6, 6.07) is 10.9. The van der Waals surface area contributed by atoms with Crippen molar-refractivity contribution in [2.45, 2.75) is 4.90 Å². The van der Waals surface area contributed by atoms with Crippen molar-refractivity contribution in [1.82, 2.24) is 9.13 Å². The highest BCUT2D eigenvalue weighted by atomic mass is 32.2. The van der Waals surface area contributed by atoms with Gasteiger partial charge in [-0.3, -0.25) is 23.4 Å². The largest absolute Gasteiger partial charge is 0.452 e. The molecule has 2 N–H and O–H groups in total. The summed E-state index contributed by atoms with van der Waals surface area (Å²) in [5.74, 6) is -2.55. The van der Waals surface area contributed by atoms with Crippen LogP contribution in [0.15, 0.2) is 69.1 Å². The zero-order chi connectivity index (χ0) is 25.0. The smallest absolute Gasteiger partial charge is 0.338 e. The molecule has 1 heterocycles. The Morgan fingerprint density at radius 3 is 2.29 bits per heavy atom. The molecule has 0 spiro atoms. The number of carbonyl (C=O) groups is 2. The van der Waals surface area contributed by atoms with E-state index in [2.05, 4.69) is 10.0 Å². The van der Waals surface area contributed by atoms with Gasteiger partial charge in [-0.1, -0.05) is 12.1 Å². The molecule has 0 unspecified atom stereocenters. The molecule has 3 aromatic rings. The number of para-hydroxylation sites is 1. The Bertz CT molecular complexity index is 1480. The Kier molecular flexibility index (Phi) is 6.96. The number of amides is 1. The average Bonchev–Trinajstić information content (AvgIpc) is 2.81. The molecule has 0 saturated carbocycles. The number of aromatic nitrogens is 2. The van der Waals surface area contributed by atoms with E-state index in [1.807, 2.05) is 0 Å². The van der Waals surface area contributed by atoms with Gasteiger partial charge in [0.1, 0.15) is 11.6 Å². The number of hydrogen-bond donors (Lipinski definition) is 2. The van der Waals surface area contributed by atoms with Crippen LogP contribution in [-0.2, 0) is 33.7 Å². The fraction of sp³-hybridized carbons (Fsp3) is 0.143. The summed E-state index contributed by atoms with van der Waals surface area (Å²) < 4.78 is 47.5. The maximum absolute atomic E-state index is 13.7. The highest BCUT2D eigenvalue weighted by Gasteiger charge is 2.18. The zero-order valence-electron chi connectivity index (χ0n) is 17.9. The van der Waals surface area contributed by atoms with Gasteiger partial charge in [-0.05, 0) is 36.4 Å². The van der Waals surface area contributed by atoms with Crippen molar-refractivity contribution in [2.24, 2.45) is 14.1 Å². The van der Waals surface area contributed by atoms with E-state index in [4.69, 9.17) is 4.74 Å². The van der Waals surface area contributed by atoms with Crippen LogP contribution in [0.4, 0.5) is 15.9 Å². The van der Waals surface area contributed by atoms with Crippen LogP contribution < -0.4 is 21.3 Å². The Balaban J connectivity index is 1.63. The van der Waals surface area contributed by atoms with Gasteiger partial charge in [0.2, 0.25) is 0 Å². The fourth-order valence-electron chi connectivity index (χ4n) is 2.76. The number of esters is 1. The summed E-state index contributed by atoms with van der Waals surface area (Å²) in [4.78, 5) is 47.6. The normalized spacial score (nSPS) is 11.0. The van der Waals surface area contributed by atoms with Gasteiger partial charge < -0.3 is 10.1 Å².